The molecule has 0 atom stereocenters. The van der Waals surface area contributed by atoms with Crippen LogP contribution in [0.15, 0.2) is 51.4 Å². The van der Waals surface area contributed by atoms with Gasteiger partial charge in [0.15, 0.2) is 11.6 Å². The van der Waals surface area contributed by atoms with Crippen LogP contribution in [0, 0.1) is 24.1 Å². The summed E-state index contributed by atoms with van der Waals surface area (Å²) in [5, 5.41) is 26.8. The van der Waals surface area contributed by atoms with E-state index in [1.54, 1.807) is 0 Å². The van der Waals surface area contributed by atoms with Crippen molar-refractivity contribution in [1.29, 1.82) is 5.53 Å². The maximum absolute atomic E-state index is 14.5. The molecule has 2 aromatic rings. The number of carboxylic acid groups (broad SMARTS) is 2. The highest BCUT2D eigenvalue weighted by Crippen LogP contribution is 2.27. The third-order valence-corrected chi connectivity index (χ3v) is 4.84. The van der Waals surface area contributed by atoms with Gasteiger partial charge in [0.1, 0.15) is 11.5 Å². The molecule has 0 aliphatic heterocycles. The fourth-order valence-electron chi connectivity index (χ4n) is 3.09. The summed E-state index contributed by atoms with van der Waals surface area (Å²) in [6.07, 6.45) is 2.02. The number of rotatable bonds is 11. The summed E-state index contributed by atoms with van der Waals surface area (Å²) in [7, 11) is 1.27. The Labute approximate surface area is 208 Å². The van der Waals surface area contributed by atoms with Gasteiger partial charge in [-0.3, -0.25) is 9.79 Å². The first kappa shape index (κ1) is 28.2. The van der Waals surface area contributed by atoms with E-state index in [4.69, 9.17) is 21.1 Å². The summed E-state index contributed by atoms with van der Waals surface area (Å²) in [4.78, 5) is 39.1. The van der Waals surface area contributed by atoms with Crippen LogP contribution in [0.2, 0.25) is 0 Å². The van der Waals surface area contributed by atoms with Crippen LogP contribution in [0.5, 0.6) is 5.75 Å². The highest BCUT2D eigenvalue weighted by Gasteiger charge is 2.20. The van der Waals surface area contributed by atoms with E-state index in [0.717, 1.165) is 24.4 Å². The number of carboxylic acids is 2. The number of ether oxygens (including phenoxy) is 1. The molecule has 0 spiro atoms. The first-order valence-electron chi connectivity index (χ1n) is 10.4. The number of amides is 1. The maximum Gasteiger partial charge on any atom is 0.337 e. The largest absolute Gasteiger partial charge is 0.490 e. The quantitative estimate of drug-likeness (QED) is 0.171. The van der Waals surface area contributed by atoms with Gasteiger partial charge in [-0.25, -0.2) is 18.4 Å². The van der Waals surface area contributed by atoms with Crippen molar-refractivity contribution in [3.05, 3.63) is 69.9 Å². The molecule has 0 fully saturated rings. The average Bonchev–Trinajstić information content (AvgIpc) is 2.84. The Hall–Kier alpha value is -5.01. The number of hydrogen-bond donors (Lipinski definition) is 5. The number of carbonyl (C=O) groups is 3. The molecule has 0 unspecified atom stereocenters. The number of aromatic carboxylic acids is 2. The number of aliphatic imine (C=N–C) groups is 1. The summed E-state index contributed by atoms with van der Waals surface area (Å²) in [6, 6.07) is 3.82. The molecule has 0 saturated carbocycles. The highest BCUT2D eigenvalue weighted by molar-refractivity contribution is 6.47. The van der Waals surface area contributed by atoms with Crippen LogP contribution in [0.1, 0.15) is 31.8 Å². The summed E-state index contributed by atoms with van der Waals surface area (Å²) in [5.74, 6) is -5.95. The fraction of sp³-hybridized carbons (Fsp3) is 0.174. The van der Waals surface area contributed by atoms with Gasteiger partial charge in [-0.2, -0.15) is 5.53 Å². The van der Waals surface area contributed by atoms with Gasteiger partial charge in [-0.05, 0) is 36.3 Å². The minimum atomic E-state index is -1.54. The molecule has 0 aliphatic carbocycles. The van der Waals surface area contributed by atoms with Gasteiger partial charge in [0, 0.05) is 19.5 Å². The second-order valence-corrected chi connectivity index (χ2v) is 7.35. The molecule has 37 heavy (non-hydrogen) atoms. The number of nitrogens with two attached hydrogens (primary N) is 1. The Balaban J connectivity index is 2.27. The molecule has 6 N–H and O–H groups in total. The Morgan fingerprint density at radius 2 is 1.76 bits per heavy atom. The van der Waals surface area contributed by atoms with Gasteiger partial charge < -0.3 is 26.0 Å². The second kappa shape index (κ2) is 12.6. The zero-order valence-electron chi connectivity index (χ0n) is 19.6. The van der Waals surface area contributed by atoms with Crippen LogP contribution in [-0.2, 0) is 11.2 Å². The summed E-state index contributed by atoms with van der Waals surface area (Å²) >= 11 is 0. The lowest BCUT2D eigenvalue weighted by Crippen LogP contribution is -2.24. The standard InChI is InChI=1S/C23H22F2N6O6/c1-11-5-12(16(24)7-14(11)22(33)34)3-4-37-20-9-18(15(23(35)36)8-17(20)25)30-21(32)19(28-2)6-13(26)10-29-31-27/h5-10,27H,3-4,26H2,1-2H3,(H,30,32)(H,33,34)(H,35,36)/b13-6+,28-19?,29-10+,31-27?. The van der Waals surface area contributed by atoms with Crippen LogP contribution in [0.4, 0.5) is 14.5 Å². The molecule has 2 rings (SSSR count). The predicted octanol–water partition coefficient (Wildman–Crippen LogP) is 3.16. The number of anilines is 1. The van der Waals surface area contributed by atoms with E-state index in [0.29, 0.717) is 11.6 Å². The van der Waals surface area contributed by atoms with Gasteiger partial charge in [0.05, 0.1) is 35.3 Å². The first-order valence-corrected chi connectivity index (χ1v) is 10.4. The monoisotopic (exact) mass is 516 g/mol. The van der Waals surface area contributed by atoms with E-state index in [1.165, 1.54) is 20.0 Å². The number of halogens is 2. The summed E-state index contributed by atoms with van der Waals surface area (Å²) in [5.41, 5.74) is 11.3. The lowest BCUT2D eigenvalue weighted by molar-refractivity contribution is -0.110. The van der Waals surface area contributed by atoms with Crippen molar-refractivity contribution in [2.45, 2.75) is 13.3 Å². The number of benzene rings is 2. The predicted molar refractivity (Wildman–Crippen MR) is 129 cm³/mol. The van der Waals surface area contributed by atoms with Crippen molar-refractivity contribution in [3.8, 4) is 5.75 Å². The van der Waals surface area contributed by atoms with Gasteiger partial charge >= 0.3 is 11.9 Å². The molecule has 0 bridgehead atoms. The van der Waals surface area contributed by atoms with Gasteiger partial charge in [-0.1, -0.05) is 11.3 Å². The lowest BCUT2D eigenvalue weighted by Gasteiger charge is -2.14. The smallest absolute Gasteiger partial charge is 0.337 e. The van der Waals surface area contributed by atoms with E-state index in [1.807, 2.05) is 0 Å². The molecule has 0 heterocycles. The Kier molecular flexibility index (Phi) is 9.63. The topological polar surface area (TPSA) is 200 Å². The molecule has 2 aromatic carbocycles. The van der Waals surface area contributed by atoms with Crippen molar-refractivity contribution >= 4 is 35.5 Å². The zero-order chi connectivity index (χ0) is 27.7. The highest BCUT2D eigenvalue weighted by atomic mass is 19.1. The Bertz CT molecular complexity index is 1340. The maximum atomic E-state index is 14.5. The van der Waals surface area contributed by atoms with Crippen LogP contribution in [0.3, 0.4) is 0 Å². The molecule has 0 aromatic heterocycles. The van der Waals surface area contributed by atoms with E-state index in [2.05, 4.69) is 20.6 Å². The van der Waals surface area contributed by atoms with Crippen LogP contribution >= 0.6 is 0 Å². The lowest BCUT2D eigenvalue weighted by atomic mass is 10.0. The van der Waals surface area contributed by atoms with Crippen LogP contribution in [0.25, 0.3) is 0 Å². The van der Waals surface area contributed by atoms with Gasteiger partial charge in [-0.15, -0.1) is 5.10 Å². The fourth-order valence-corrected chi connectivity index (χ4v) is 3.09. The van der Waals surface area contributed by atoms with Crippen molar-refractivity contribution in [3.63, 3.8) is 0 Å². The number of allylic oxidation sites excluding steroid dienone is 1. The Morgan fingerprint density at radius 1 is 1.11 bits per heavy atom. The van der Waals surface area contributed by atoms with Crippen LogP contribution in [-0.4, -0.2) is 53.6 Å². The van der Waals surface area contributed by atoms with Gasteiger partial charge in [0.2, 0.25) is 0 Å². The minimum Gasteiger partial charge on any atom is -0.490 e. The number of nitrogens with zero attached hydrogens (tertiary/aromatic N) is 3. The van der Waals surface area contributed by atoms with E-state index >= 15 is 0 Å². The number of nitrogens with one attached hydrogen (secondary N) is 2. The van der Waals surface area contributed by atoms with Crippen molar-refractivity contribution < 1.29 is 38.1 Å². The van der Waals surface area contributed by atoms with Crippen LogP contribution < -0.4 is 15.8 Å². The molecular formula is C23H22F2N6O6. The number of aryl methyl sites for hydroxylation is 1. The molecule has 0 radical (unpaired) electrons. The molecule has 0 aliphatic rings. The normalized spacial score (nSPS) is 11.9. The van der Waals surface area contributed by atoms with E-state index in [-0.39, 0.29) is 41.3 Å². The van der Waals surface area contributed by atoms with E-state index in [9.17, 15) is 28.3 Å². The molecule has 12 nitrogen and oxygen atoms in total. The van der Waals surface area contributed by atoms with Crippen molar-refractivity contribution in [2.75, 3.05) is 19.0 Å². The molecule has 194 valence electrons. The Morgan fingerprint density at radius 3 is 2.35 bits per heavy atom. The number of hydrogen-bond acceptors (Lipinski definition) is 8. The average molecular weight is 516 g/mol. The third-order valence-electron chi connectivity index (χ3n) is 4.84. The van der Waals surface area contributed by atoms with Crippen molar-refractivity contribution in [2.24, 2.45) is 21.1 Å². The van der Waals surface area contributed by atoms with Gasteiger partial charge in [0.25, 0.3) is 5.91 Å². The molecule has 14 heteroatoms. The molecule has 0 saturated heterocycles. The summed E-state index contributed by atoms with van der Waals surface area (Å²) < 4.78 is 34.1. The minimum absolute atomic E-state index is 0.0583. The molecule has 1 amide bonds. The SMILES string of the molecule is CN=C(/C=C(N)\C=N\N=N)C(=O)Nc1cc(OCCc2cc(C)c(C(=O)O)cc2F)c(F)cc1C(=O)O. The number of carbonyl (C=O) groups excluding carboxylic acids is 1. The summed E-state index contributed by atoms with van der Waals surface area (Å²) in [6.45, 7) is 1.25. The van der Waals surface area contributed by atoms with E-state index < -0.39 is 40.8 Å². The first-order chi connectivity index (χ1) is 17.5. The molecular weight excluding hydrogens is 494 g/mol. The third kappa shape index (κ3) is 7.48. The van der Waals surface area contributed by atoms with Crippen molar-refractivity contribution in [1.82, 2.24) is 0 Å². The zero-order valence-corrected chi connectivity index (χ0v) is 19.6. The second-order valence-electron chi connectivity index (χ2n) is 7.35.